The van der Waals surface area contributed by atoms with Gasteiger partial charge in [-0.15, -0.1) is 0 Å². The van der Waals surface area contributed by atoms with Crippen molar-refractivity contribution in [3.05, 3.63) is 17.5 Å². The minimum atomic E-state index is 0.483. The number of hydrogen-bond donors (Lipinski definition) is 1. The molecule has 0 fully saturated rings. The third-order valence-corrected chi connectivity index (χ3v) is 2.53. The third-order valence-electron chi connectivity index (χ3n) is 2.53. The minimum absolute atomic E-state index is 0.483. The summed E-state index contributed by atoms with van der Waals surface area (Å²) in [5, 5.41) is 7.09. The number of aromatic nitrogens is 2. The summed E-state index contributed by atoms with van der Waals surface area (Å²) in [7, 11) is 0. The first-order chi connectivity index (χ1) is 5.17. The van der Waals surface area contributed by atoms with Crippen molar-refractivity contribution in [3.63, 3.8) is 0 Å². The molecule has 2 heteroatoms. The molecule has 60 valence electrons. The largest absolute Gasteiger partial charge is 0.282 e. The molecule has 1 aromatic rings. The molecule has 11 heavy (non-hydrogen) atoms. The molecule has 2 nitrogen and oxygen atoms in total. The Balaban J connectivity index is 2.32. The van der Waals surface area contributed by atoms with Gasteiger partial charge in [0.05, 0.1) is 6.20 Å². The van der Waals surface area contributed by atoms with Gasteiger partial charge >= 0.3 is 0 Å². The zero-order valence-corrected chi connectivity index (χ0v) is 7.15. The lowest BCUT2D eigenvalue weighted by Crippen LogP contribution is -2.21. The summed E-state index contributed by atoms with van der Waals surface area (Å²) in [6.07, 6.45) is 5.60. The number of H-pyrrole nitrogens is 1. The first kappa shape index (κ1) is 6.89. The molecule has 1 N–H and O–H groups in total. The Kier molecular flexibility index (Phi) is 1.31. The SMILES string of the molecule is CC1(C)CCc2[nH]ncc2C1. The van der Waals surface area contributed by atoms with Crippen LogP contribution in [-0.4, -0.2) is 10.2 Å². The third kappa shape index (κ3) is 1.17. The van der Waals surface area contributed by atoms with E-state index in [1.165, 1.54) is 30.5 Å². The summed E-state index contributed by atoms with van der Waals surface area (Å²) in [5.74, 6) is 0. The highest BCUT2D eigenvalue weighted by Crippen LogP contribution is 2.33. The highest BCUT2D eigenvalue weighted by molar-refractivity contribution is 5.21. The van der Waals surface area contributed by atoms with Crippen molar-refractivity contribution in [2.24, 2.45) is 5.41 Å². The van der Waals surface area contributed by atoms with E-state index in [1.807, 2.05) is 6.20 Å². The first-order valence-corrected chi connectivity index (χ1v) is 4.18. The van der Waals surface area contributed by atoms with Gasteiger partial charge in [0.25, 0.3) is 0 Å². The van der Waals surface area contributed by atoms with Gasteiger partial charge in [-0.25, -0.2) is 0 Å². The molecule has 0 unspecified atom stereocenters. The van der Waals surface area contributed by atoms with Crippen LogP contribution in [0.1, 0.15) is 31.5 Å². The molecule has 1 aliphatic rings. The lowest BCUT2D eigenvalue weighted by Gasteiger charge is -2.28. The van der Waals surface area contributed by atoms with Crippen molar-refractivity contribution in [3.8, 4) is 0 Å². The second-order valence-electron chi connectivity index (χ2n) is 4.21. The summed E-state index contributed by atoms with van der Waals surface area (Å²) in [6.45, 7) is 4.64. The molecule has 1 heterocycles. The lowest BCUT2D eigenvalue weighted by molar-refractivity contribution is 0.314. The van der Waals surface area contributed by atoms with E-state index in [0.717, 1.165) is 0 Å². The summed E-state index contributed by atoms with van der Waals surface area (Å²) in [6, 6.07) is 0. The zero-order valence-electron chi connectivity index (χ0n) is 7.15. The summed E-state index contributed by atoms with van der Waals surface area (Å²) < 4.78 is 0. The smallest absolute Gasteiger partial charge is 0.0522 e. The van der Waals surface area contributed by atoms with Crippen molar-refractivity contribution < 1.29 is 0 Å². The van der Waals surface area contributed by atoms with Crippen LogP contribution >= 0.6 is 0 Å². The monoisotopic (exact) mass is 150 g/mol. The Bertz CT molecular complexity index is 260. The lowest BCUT2D eigenvalue weighted by atomic mass is 9.77. The van der Waals surface area contributed by atoms with E-state index in [4.69, 9.17) is 0 Å². The van der Waals surface area contributed by atoms with Crippen LogP contribution in [0.5, 0.6) is 0 Å². The van der Waals surface area contributed by atoms with E-state index >= 15 is 0 Å². The topological polar surface area (TPSA) is 28.7 Å². The maximum Gasteiger partial charge on any atom is 0.0522 e. The van der Waals surface area contributed by atoms with Gasteiger partial charge in [0.15, 0.2) is 0 Å². The molecule has 1 aromatic heterocycles. The van der Waals surface area contributed by atoms with Crippen LogP contribution in [0.3, 0.4) is 0 Å². The Morgan fingerprint density at radius 2 is 2.36 bits per heavy atom. The normalized spacial score (nSPS) is 21.3. The molecule has 0 saturated carbocycles. The van der Waals surface area contributed by atoms with Crippen LogP contribution in [0.4, 0.5) is 0 Å². The molecule has 0 bridgehead atoms. The number of aryl methyl sites for hydroxylation is 1. The van der Waals surface area contributed by atoms with Crippen LogP contribution in [0.25, 0.3) is 0 Å². The summed E-state index contributed by atoms with van der Waals surface area (Å²) in [4.78, 5) is 0. The van der Waals surface area contributed by atoms with E-state index in [2.05, 4.69) is 24.0 Å². The van der Waals surface area contributed by atoms with Gasteiger partial charge in [0.1, 0.15) is 0 Å². The number of hydrogen-bond acceptors (Lipinski definition) is 1. The quantitative estimate of drug-likeness (QED) is 0.601. The maximum atomic E-state index is 4.04. The second kappa shape index (κ2) is 2.10. The molecule has 1 aliphatic carbocycles. The fourth-order valence-corrected chi connectivity index (χ4v) is 1.77. The molecule has 0 aliphatic heterocycles. The number of fused-ring (bicyclic) bond motifs is 1. The van der Waals surface area contributed by atoms with E-state index < -0.39 is 0 Å². The van der Waals surface area contributed by atoms with Crippen LogP contribution in [-0.2, 0) is 12.8 Å². The number of nitrogens with zero attached hydrogens (tertiary/aromatic N) is 1. The van der Waals surface area contributed by atoms with Crippen LogP contribution in [0.2, 0.25) is 0 Å². The van der Waals surface area contributed by atoms with Crippen LogP contribution < -0.4 is 0 Å². The number of nitrogens with one attached hydrogen (secondary N) is 1. The van der Waals surface area contributed by atoms with Crippen molar-refractivity contribution in [1.29, 1.82) is 0 Å². The Morgan fingerprint density at radius 3 is 3.18 bits per heavy atom. The average molecular weight is 150 g/mol. The predicted molar refractivity (Wildman–Crippen MR) is 44.4 cm³/mol. The molecule has 0 aromatic carbocycles. The number of aromatic amines is 1. The highest BCUT2D eigenvalue weighted by atomic mass is 15.1. The molecule has 0 atom stereocenters. The summed E-state index contributed by atoms with van der Waals surface area (Å²) >= 11 is 0. The second-order valence-corrected chi connectivity index (χ2v) is 4.21. The molecule has 0 saturated heterocycles. The summed E-state index contributed by atoms with van der Waals surface area (Å²) in [5.41, 5.74) is 3.25. The fourth-order valence-electron chi connectivity index (χ4n) is 1.77. The molecule has 0 radical (unpaired) electrons. The molecule has 0 amide bonds. The molecule has 2 rings (SSSR count). The zero-order chi connectivity index (χ0) is 7.90. The van der Waals surface area contributed by atoms with Crippen molar-refractivity contribution in [1.82, 2.24) is 10.2 Å². The van der Waals surface area contributed by atoms with Crippen molar-refractivity contribution in [2.45, 2.75) is 33.1 Å². The van der Waals surface area contributed by atoms with Gasteiger partial charge in [-0.3, -0.25) is 5.10 Å². The van der Waals surface area contributed by atoms with Crippen molar-refractivity contribution >= 4 is 0 Å². The van der Waals surface area contributed by atoms with Gasteiger partial charge in [-0.1, -0.05) is 13.8 Å². The van der Waals surface area contributed by atoms with Gasteiger partial charge in [-0.2, -0.15) is 5.10 Å². The van der Waals surface area contributed by atoms with E-state index in [9.17, 15) is 0 Å². The van der Waals surface area contributed by atoms with Gasteiger partial charge in [-0.05, 0) is 30.2 Å². The van der Waals surface area contributed by atoms with Gasteiger partial charge < -0.3 is 0 Å². The maximum absolute atomic E-state index is 4.04. The van der Waals surface area contributed by atoms with Gasteiger partial charge in [0, 0.05) is 5.69 Å². The van der Waals surface area contributed by atoms with E-state index in [1.54, 1.807) is 0 Å². The fraction of sp³-hybridized carbons (Fsp3) is 0.667. The molecular formula is C9H14N2. The highest BCUT2D eigenvalue weighted by Gasteiger charge is 2.25. The molecular weight excluding hydrogens is 136 g/mol. The molecule has 0 spiro atoms. The number of rotatable bonds is 0. The van der Waals surface area contributed by atoms with Crippen LogP contribution in [0, 0.1) is 5.41 Å². The van der Waals surface area contributed by atoms with Crippen molar-refractivity contribution in [2.75, 3.05) is 0 Å². The minimum Gasteiger partial charge on any atom is -0.282 e. The first-order valence-electron chi connectivity index (χ1n) is 4.18. The standard InChI is InChI=1S/C9H14N2/c1-9(2)4-3-8-7(5-9)6-10-11-8/h6H,3-5H2,1-2H3,(H,10,11). The van der Waals surface area contributed by atoms with E-state index in [0.29, 0.717) is 5.41 Å². The Morgan fingerprint density at radius 1 is 1.55 bits per heavy atom. The Labute approximate surface area is 67.0 Å². The average Bonchev–Trinajstić information content (AvgIpc) is 2.31. The predicted octanol–water partition coefficient (Wildman–Crippen LogP) is 1.92. The Hall–Kier alpha value is -0.790. The van der Waals surface area contributed by atoms with E-state index in [-0.39, 0.29) is 0 Å². The van der Waals surface area contributed by atoms with Gasteiger partial charge in [0.2, 0.25) is 0 Å². The van der Waals surface area contributed by atoms with Crippen LogP contribution in [0.15, 0.2) is 6.20 Å².